The normalized spacial score (nSPS) is 11.1. The molecule has 0 atom stereocenters. The molecule has 2 amide bonds. The van der Waals surface area contributed by atoms with Crippen molar-refractivity contribution in [2.75, 3.05) is 26.9 Å². The van der Waals surface area contributed by atoms with Crippen molar-refractivity contribution in [1.82, 2.24) is 10.8 Å². The lowest BCUT2D eigenvalue weighted by atomic mass is 10.2. The van der Waals surface area contributed by atoms with Gasteiger partial charge in [-0.15, -0.1) is 0 Å². The zero-order valence-electron chi connectivity index (χ0n) is 14.2. The summed E-state index contributed by atoms with van der Waals surface area (Å²) in [6.07, 6.45) is 3.19. The van der Waals surface area contributed by atoms with Crippen LogP contribution in [-0.4, -0.2) is 44.5 Å². The van der Waals surface area contributed by atoms with Gasteiger partial charge in [-0.3, -0.25) is 9.63 Å². The summed E-state index contributed by atoms with van der Waals surface area (Å²) in [5.41, 5.74) is 1.68. The van der Waals surface area contributed by atoms with E-state index in [1.54, 1.807) is 27.9 Å². The fourth-order valence-electron chi connectivity index (χ4n) is 1.56. The van der Waals surface area contributed by atoms with E-state index in [4.69, 9.17) is 14.3 Å². The van der Waals surface area contributed by atoms with Gasteiger partial charge in [-0.25, -0.2) is 4.79 Å². The minimum absolute atomic E-state index is 0.0592. The van der Waals surface area contributed by atoms with E-state index in [0.717, 1.165) is 25.7 Å². The summed E-state index contributed by atoms with van der Waals surface area (Å²) in [4.78, 5) is 27.7. The van der Waals surface area contributed by atoms with Crippen LogP contribution in [0.1, 0.15) is 52.9 Å². The lowest BCUT2D eigenvalue weighted by Gasteiger charge is -2.19. The molecule has 7 nitrogen and oxygen atoms in total. The average Bonchev–Trinajstić information content (AvgIpc) is 2.40. The Labute approximate surface area is 133 Å². The molecule has 0 fully saturated rings. The molecule has 0 radical (unpaired) electrons. The Balaban J connectivity index is 3.36. The third kappa shape index (κ3) is 15.1. The molecule has 2 N–H and O–H groups in total. The minimum atomic E-state index is -0.600. The fourth-order valence-corrected chi connectivity index (χ4v) is 1.56. The molecule has 22 heavy (non-hydrogen) atoms. The molecule has 0 aliphatic carbocycles. The van der Waals surface area contributed by atoms with Crippen molar-refractivity contribution in [2.24, 2.45) is 0 Å². The second kappa shape index (κ2) is 12.2. The maximum atomic E-state index is 11.5. The van der Waals surface area contributed by atoms with E-state index >= 15 is 0 Å². The highest BCUT2D eigenvalue weighted by Gasteiger charge is 2.15. The van der Waals surface area contributed by atoms with Crippen LogP contribution < -0.4 is 10.8 Å². The number of rotatable bonds is 11. The zero-order valence-corrected chi connectivity index (χ0v) is 14.2. The van der Waals surface area contributed by atoms with Crippen molar-refractivity contribution in [3.63, 3.8) is 0 Å². The molecule has 0 aromatic heterocycles. The first-order chi connectivity index (χ1) is 10.3. The molecule has 130 valence electrons. The quantitative estimate of drug-likeness (QED) is 0.450. The first kappa shape index (κ1) is 20.7. The van der Waals surface area contributed by atoms with Gasteiger partial charge in [0.05, 0.1) is 6.61 Å². The average molecular weight is 318 g/mol. The lowest BCUT2D eigenvalue weighted by Crippen LogP contribution is -2.32. The molecule has 0 bridgehead atoms. The van der Waals surface area contributed by atoms with E-state index in [9.17, 15) is 9.59 Å². The smallest absolute Gasteiger partial charge is 0.431 e. The van der Waals surface area contributed by atoms with Gasteiger partial charge in [0.15, 0.2) is 0 Å². The van der Waals surface area contributed by atoms with E-state index < -0.39 is 11.7 Å². The molecule has 0 unspecified atom stereocenters. The number of ether oxygens (including phenoxy) is 2. The van der Waals surface area contributed by atoms with Crippen molar-refractivity contribution in [3.05, 3.63) is 0 Å². The number of hydrogen-bond acceptors (Lipinski definition) is 5. The summed E-state index contributed by atoms with van der Waals surface area (Å²) in [6.45, 7) is 7.02. The van der Waals surface area contributed by atoms with Crippen LogP contribution >= 0.6 is 0 Å². The van der Waals surface area contributed by atoms with Crippen LogP contribution in [0.4, 0.5) is 4.79 Å². The van der Waals surface area contributed by atoms with E-state index in [-0.39, 0.29) is 5.91 Å². The van der Waals surface area contributed by atoms with Gasteiger partial charge in [0.25, 0.3) is 0 Å². The zero-order chi connectivity index (χ0) is 16.8. The molecule has 0 spiro atoms. The molecule has 0 aromatic rings. The fraction of sp³-hybridized carbons (Fsp3) is 0.867. The van der Waals surface area contributed by atoms with Crippen LogP contribution in [0.25, 0.3) is 0 Å². The highest BCUT2D eigenvalue weighted by atomic mass is 16.7. The van der Waals surface area contributed by atoms with Gasteiger partial charge in [-0.05, 0) is 46.5 Å². The molecule has 0 rings (SSSR count). The topological polar surface area (TPSA) is 85.9 Å². The Bertz CT molecular complexity index is 316. The summed E-state index contributed by atoms with van der Waals surface area (Å²) in [5, 5.41) is 2.84. The van der Waals surface area contributed by atoms with Crippen molar-refractivity contribution in [3.8, 4) is 0 Å². The van der Waals surface area contributed by atoms with Crippen LogP contribution in [0.5, 0.6) is 0 Å². The van der Waals surface area contributed by atoms with E-state index in [2.05, 4.69) is 10.8 Å². The van der Waals surface area contributed by atoms with Crippen LogP contribution in [0, 0.1) is 0 Å². The highest BCUT2D eigenvalue weighted by Crippen LogP contribution is 2.06. The molecule has 0 saturated heterocycles. The summed E-state index contributed by atoms with van der Waals surface area (Å²) >= 11 is 0. The largest absolute Gasteiger partial charge is 0.442 e. The van der Waals surface area contributed by atoms with Crippen molar-refractivity contribution in [2.45, 2.75) is 58.5 Å². The predicted molar refractivity (Wildman–Crippen MR) is 83.3 cm³/mol. The van der Waals surface area contributed by atoms with Gasteiger partial charge in [0.2, 0.25) is 5.91 Å². The minimum Gasteiger partial charge on any atom is -0.442 e. The molecule has 0 heterocycles. The van der Waals surface area contributed by atoms with Gasteiger partial charge in [-0.2, -0.15) is 5.48 Å². The van der Waals surface area contributed by atoms with Gasteiger partial charge in [0, 0.05) is 26.7 Å². The number of hydrogen-bond donors (Lipinski definition) is 2. The van der Waals surface area contributed by atoms with Crippen molar-refractivity contribution < 1.29 is 23.9 Å². The molecule has 7 heteroatoms. The monoisotopic (exact) mass is 318 g/mol. The number of carbonyl (C=O) groups is 2. The maximum Gasteiger partial charge on any atom is 0.431 e. The van der Waals surface area contributed by atoms with Crippen molar-refractivity contribution >= 4 is 12.0 Å². The summed E-state index contributed by atoms with van der Waals surface area (Å²) in [6, 6.07) is 0. The predicted octanol–water partition coefficient (Wildman–Crippen LogP) is 2.16. The Morgan fingerprint density at radius 1 is 1.00 bits per heavy atom. The Hall–Kier alpha value is -1.34. The second-order valence-corrected chi connectivity index (χ2v) is 5.96. The number of amides is 2. The van der Waals surface area contributed by atoms with E-state index in [0.29, 0.717) is 26.2 Å². The maximum absolute atomic E-state index is 11.5. The number of methoxy groups -OCH3 is 1. The van der Waals surface area contributed by atoms with Crippen LogP contribution in [0.15, 0.2) is 0 Å². The standard InChI is InChI=1S/C15H30N2O5/c1-15(2,3)22-14(19)17-21-12-8-6-10-16-13(18)9-5-7-11-20-4/h5-12H2,1-4H3,(H,16,18)(H,17,19). The van der Waals surface area contributed by atoms with Crippen LogP contribution in [0.3, 0.4) is 0 Å². The molecule has 0 aromatic carbocycles. The van der Waals surface area contributed by atoms with Gasteiger partial charge < -0.3 is 14.8 Å². The van der Waals surface area contributed by atoms with E-state index in [1.807, 2.05) is 0 Å². The molecule has 0 aliphatic rings. The van der Waals surface area contributed by atoms with E-state index in [1.165, 1.54) is 0 Å². The second-order valence-electron chi connectivity index (χ2n) is 5.96. The first-order valence-corrected chi connectivity index (χ1v) is 7.71. The molecule has 0 saturated carbocycles. The summed E-state index contributed by atoms with van der Waals surface area (Å²) in [5.74, 6) is 0.0592. The SMILES string of the molecule is COCCCCC(=O)NCCCCONC(=O)OC(C)(C)C. The van der Waals surface area contributed by atoms with Gasteiger partial charge in [-0.1, -0.05) is 0 Å². The Morgan fingerprint density at radius 3 is 2.32 bits per heavy atom. The molecular weight excluding hydrogens is 288 g/mol. The van der Waals surface area contributed by atoms with Gasteiger partial charge >= 0.3 is 6.09 Å². The number of carbonyl (C=O) groups excluding carboxylic acids is 2. The van der Waals surface area contributed by atoms with Crippen molar-refractivity contribution in [1.29, 1.82) is 0 Å². The molecule has 0 aliphatic heterocycles. The van der Waals surface area contributed by atoms with Crippen LogP contribution in [-0.2, 0) is 19.1 Å². The third-order valence-corrected chi connectivity index (χ3v) is 2.55. The lowest BCUT2D eigenvalue weighted by molar-refractivity contribution is -0.121. The highest BCUT2D eigenvalue weighted by molar-refractivity contribution is 5.75. The number of hydroxylamine groups is 1. The van der Waals surface area contributed by atoms with Crippen LogP contribution in [0.2, 0.25) is 0 Å². The van der Waals surface area contributed by atoms with Gasteiger partial charge in [0.1, 0.15) is 5.60 Å². The Kier molecular flexibility index (Phi) is 11.5. The number of unbranched alkanes of at least 4 members (excludes halogenated alkanes) is 2. The number of nitrogens with one attached hydrogen (secondary N) is 2. The summed E-state index contributed by atoms with van der Waals surface area (Å²) in [7, 11) is 1.65. The summed E-state index contributed by atoms with van der Waals surface area (Å²) < 4.78 is 9.93. The molecular formula is C15H30N2O5. The Morgan fingerprint density at radius 2 is 1.68 bits per heavy atom. The third-order valence-electron chi connectivity index (χ3n) is 2.55. The first-order valence-electron chi connectivity index (χ1n) is 7.71.